The van der Waals surface area contributed by atoms with Gasteiger partial charge in [0.15, 0.2) is 0 Å². The molecule has 4 rings (SSSR count). The first kappa shape index (κ1) is 23.3. The van der Waals surface area contributed by atoms with Gasteiger partial charge in [0.2, 0.25) is 0 Å². The highest BCUT2D eigenvalue weighted by Gasteiger charge is 2.39. The molecule has 1 aliphatic heterocycles. The van der Waals surface area contributed by atoms with Gasteiger partial charge in [-0.3, -0.25) is 14.5 Å². The predicted molar refractivity (Wildman–Crippen MR) is 136 cm³/mol. The fourth-order valence-corrected chi connectivity index (χ4v) is 4.18. The van der Waals surface area contributed by atoms with Crippen molar-refractivity contribution in [3.63, 3.8) is 0 Å². The van der Waals surface area contributed by atoms with E-state index in [9.17, 15) is 9.59 Å². The average Bonchev–Trinajstić information content (AvgIpc) is 3.05. The Hall–Kier alpha value is -3.86. The van der Waals surface area contributed by atoms with Crippen LogP contribution >= 0.6 is 0 Å². The molecule has 2 amide bonds. The molecule has 0 unspecified atom stereocenters. The zero-order valence-electron chi connectivity index (χ0n) is 20.4. The molecule has 1 aliphatic rings. The number of nitrogens with one attached hydrogen (secondary N) is 1. The van der Waals surface area contributed by atoms with Gasteiger partial charge in [0, 0.05) is 12.2 Å². The molecule has 3 aromatic carbocycles. The Kier molecular flexibility index (Phi) is 6.55. The second-order valence-corrected chi connectivity index (χ2v) is 8.85. The van der Waals surface area contributed by atoms with E-state index in [4.69, 9.17) is 4.74 Å². The molecule has 1 heterocycles. The molecule has 3 aromatic rings. The standard InChI is InChI=1S/C29H30N2O3/c1-18-6-13-25(21(4)16-18)30-27-26(23-10-7-19(2)20(3)17-23)28(32)31(29(27)33)15-14-22-8-11-24(34-5)12-9-22/h6-13,16-17,30H,14-15H2,1-5H3. The predicted octanol–water partition coefficient (Wildman–Crippen LogP) is 5.36. The third-order valence-corrected chi connectivity index (χ3v) is 6.39. The lowest BCUT2D eigenvalue weighted by molar-refractivity contribution is -0.136. The molecule has 0 spiro atoms. The van der Waals surface area contributed by atoms with Gasteiger partial charge in [-0.05, 0) is 80.1 Å². The molecule has 0 radical (unpaired) electrons. The van der Waals surface area contributed by atoms with Gasteiger partial charge < -0.3 is 10.1 Å². The van der Waals surface area contributed by atoms with E-state index in [2.05, 4.69) is 11.4 Å². The maximum absolute atomic E-state index is 13.6. The van der Waals surface area contributed by atoms with E-state index in [0.717, 1.165) is 44.8 Å². The quantitative estimate of drug-likeness (QED) is 0.488. The summed E-state index contributed by atoms with van der Waals surface area (Å²) in [5.41, 5.74) is 7.72. The number of anilines is 1. The zero-order chi connectivity index (χ0) is 24.4. The minimum absolute atomic E-state index is 0.269. The maximum atomic E-state index is 13.6. The van der Waals surface area contributed by atoms with Crippen molar-refractivity contribution >= 4 is 23.1 Å². The smallest absolute Gasteiger partial charge is 0.278 e. The van der Waals surface area contributed by atoms with Crippen molar-refractivity contribution in [2.75, 3.05) is 19.0 Å². The number of hydrogen-bond acceptors (Lipinski definition) is 4. The van der Waals surface area contributed by atoms with E-state index >= 15 is 0 Å². The van der Waals surface area contributed by atoms with Crippen molar-refractivity contribution in [2.45, 2.75) is 34.1 Å². The Labute approximate surface area is 201 Å². The van der Waals surface area contributed by atoms with Crippen LogP contribution in [0, 0.1) is 27.7 Å². The van der Waals surface area contributed by atoms with Crippen LogP contribution in [0.4, 0.5) is 5.69 Å². The van der Waals surface area contributed by atoms with Crippen LogP contribution in [0.1, 0.15) is 33.4 Å². The fourth-order valence-electron chi connectivity index (χ4n) is 4.18. The van der Waals surface area contributed by atoms with Gasteiger partial charge >= 0.3 is 0 Å². The van der Waals surface area contributed by atoms with E-state index < -0.39 is 0 Å². The van der Waals surface area contributed by atoms with E-state index in [1.54, 1.807) is 7.11 Å². The molecular weight excluding hydrogens is 424 g/mol. The van der Waals surface area contributed by atoms with E-state index in [1.807, 2.05) is 82.3 Å². The lowest BCUT2D eigenvalue weighted by Gasteiger charge is -2.16. The third kappa shape index (κ3) is 4.60. The van der Waals surface area contributed by atoms with Crippen LogP contribution in [0.3, 0.4) is 0 Å². The minimum atomic E-state index is -0.299. The summed E-state index contributed by atoms with van der Waals surface area (Å²) in [5.74, 6) is 0.205. The van der Waals surface area contributed by atoms with E-state index in [-0.39, 0.29) is 11.8 Å². The lowest BCUT2D eigenvalue weighted by Crippen LogP contribution is -2.34. The van der Waals surface area contributed by atoms with Crippen molar-refractivity contribution in [1.29, 1.82) is 0 Å². The molecule has 174 valence electrons. The molecular formula is C29H30N2O3. The van der Waals surface area contributed by atoms with Crippen LogP contribution in [-0.4, -0.2) is 30.4 Å². The summed E-state index contributed by atoms with van der Waals surface area (Å²) in [4.78, 5) is 28.4. The van der Waals surface area contributed by atoms with Crippen molar-refractivity contribution in [3.05, 3.63) is 99.7 Å². The van der Waals surface area contributed by atoms with Gasteiger partial charge in [0.25, 0.3) is 11.8 Å². The first-order valence-electron chi connectivity index (χ1n) is 11.4. The van der Waals surface area contributed by atoms with Gasteiger partial charge in [-0.1, -0.05) is 48.0 Å². The molecule has 5 heteroatoms. The topological polar surface area (TPSA) is 58.6 Å². The highest BCUT2D eigenvalue weighted by molar-refractivity contribution is 6.36. The second-order valence-electron chi connectivity index (χ2n) is 8.85. The van der Waals surface area contributed by atoms with Crippen molar-refractivity contribution < 1.29 is 14.3 Å². The fraction of sp³-hybridized carbons (Fsp3) is 0.241. The normalized spacial score (nSPS) is 13.6. The Morgan fingerprint density at radius 2 is 1.53 bits per heavy atom. The highest BCUT2D eigenvalue weighted by Crippen LogP contribution is 2.32. The third-order valence-electron chi connectivity index (χ3n) is 6.39. The van der Waals surface area contributed by atoms with Crippen LogP contribution in [0.15, 0.2) is 66.4 Å². The van der Waals surface area contributed by atoms with Gasteiger partial charge in [0.1, 0.15) is 11.4 Å². The van der Waals surface area contributed by atoms with Gasteiger partial charge in [-0.25, -0.2) is 0 Å². The molecule has 0 fully saturated rings. The van der Waals surface area contributed by atoms with E-state index in [0.29, 0.717) is 24.2 Å². The first-order valence-corrected chi connectivity index (χ1v) is 11.4. The van der Waals surface area contributed by atoms with Gasteiger partial charge in [-0.15, -0.1) is 0 Å². The number of hydrogen-bond donors (Lipinski definition) is 1. The number of carbonyl (C=O) groups excluding carboxylic acids is 2. The Bertz CT molecular complexity index is 1290. The van der Waals surface area contributed by atoms with Crippen molar-refractivity contribution in [3.8, 4) is 5.75 Å². The minimum Gasteiger partial charge on any atom is -0.497 e. The lowest BCUT2D eigenvalue weighted by atomic mass is 9.99. The number of amides is 2. The molecule has 34 heavy (non-hydrogen) atoms. The largest absolute Gasteiger partial charge is 0.497 e. The van der Waals surface area contributed by atoms with Gasteiger partial charge in [0.05, 0.1) is 12.7 Å². The van der Waals surface area contributed by atoms with Crippen LogP contribution < -0.4 is 10.1 Å². The maximum Gasteiger partial charge on any atom is 0.278 e. The zero-order valence-corrected chi connectivity index (χ0v) is 20.4. The number of rotatable bonds is 7. The molecule has 0 saturated heterocycles. The number of methoxy groups -OCH3 is 1. The Morgan fingerprint density at radius 1 is 0.794 bits per heavy atom. The van der Waals surface area contributed by atoms with Crippen LogP contribution in [0.5, 0.6) is 5.75 Å². The summed E-state index contributed by atoms with van der Waals surface area (Å²) in [7, 11) is 1.63. The molecule has 0 aliphatic carbocycles. The number of imide groups is 1. The highest BCUT2D eigenvalue weighted by atomic mass is 16.5. The summed E-state index contributed by atoms with van der Waals surface area (Å²) in [6.07, 6.45) is 0.568. The average molecular weight is 455 g/mol. The molecule has 5 nitrogen and oxygen atoms in total. The van der Waals surface area contributed by atoms with Crippen LogP contribution in [0.25, 0.3) is 5.57 Å². The molecule has 0 bridgehead atoms. The Balaban J connectivity index is 1.68. The Morgan fingerprint density at radius 3 is 2.18 bits per heavy atom. The summed E-state index contributed by atoms with van der Waals surface area (Å²) in [6.45, 7) is 8.37. The molecule has 0 saturated carbocycles. The molecule has 0 aromatic heterocycles. The summed E-state index contributed by atoms with van der Waals surface area (Å²) in [5, 5.41) is 3.29. The molecule has 0 atom stereocenters. The number of aryl methyl sites for hydroxylation is 4. The first-order chi connectivity index (χ1) is 16.3. The summed E-state index contributed by atoms with van der Waals surface area (Å²) >= 11 is 0. The van der Waals surface area contributed by atoms with Crippen LogP contribution in [-0.2, 0) is 16.0 Å². The van der Waals surface area contributed by atoms with Crippen LogP contribution in [0.2, 0.25) is 0 Å². The molecule has 1 N–H and O–H groups in total. The second kappa shape index (κ2) is 9.56. The number of carbonyl (C=O) groups is 2. The number of benzene rings is 3. The number of nitrogens with zero attached hydrogens (tertiary/aromatic N) is 1. The van der Waals surface area contributed by atoms with Crippen molar-refractivity contribution in [2.24, 2.45) is 0 Å². The SMILES string of the molecule is COc1ccc(CCN2C(=O)C(Nc3ccc(C)cc3C)=C(c3ccc(C)c(C)c3)C2=O)cc1. The van der Waals surface area contributed by atoms with Gasteiger partial charge in [-0.2, -0.15) is 0 Å². The summed E-state index contributed by atoms with van der Waals surface area (Å²) < 4.78 is 5.22. The number of ether oxygens (including phenoxy) is 1. The monoisotopic (exact) mass is 454 g/mol. The van der Waals surface area contributed by atoms with Crippen molar-refractivity contribution in [1.82, 2.24) is 4.90 Å². The van der Waals surface area contributed by atoms with E-state index in [1.165, 1.54) is 4.90 Å². The summed E-state index contributed by atoms with van der Waals surface area (Å²) in [6, 6.07) is 19.6.